The number of aromatic nitrogens is 2. The lowest BCUT2D eigenvalue weighted by Crippen LogP contribution is -1.97. The summed E-state index contributed by atoms with van der Waals surface area (Å²) in [6.07, 6.45) is 0. The predicted octanol–water partition coefficient (Wildman–Crippen LogP) is 4.60. The molecule has 0 spiro atoms. The molecule has 0 N–H and O–H groups in total. The summed E-state index contributed by atoms with van der Waals surface area (Å²) in [4.78, 5) is 5.57. The zero-order valence-electron chi connectivity index (χ0n) is 9.60. The van der Waals surface area contributed by atoms with Crippen LogP contribution in [0.1, 0.15) is 0 Å². The smallest absolute Gasteiger partial charge is 0.152 e. The topological polar surface area (TPSA) is 41.6 Å². The fraction of sp³-hybridized carbons (Fsp3) is 0.0769. The van der Waals surface area contributed by atoms with Crippen molar-refractivity contribution in [3.63, 3.8) is 0 Å². The molecule has 1 aromatic carbocycles. The molecule has 0 aliphatic carbocycles. The second-order valence-corrected chi connectivity index (χ2v) is 5.67. The summed E-state index contributed by atoms with van der Waals surface area (Å²) in [6.45, 7) is 0.224. The summed E-state index contributed by atoms with van der Waals surface area (Å²) in [5.74, 6) is 0.768. The normalized spacial score (nSPS) is 10.8. The second kappa shape index (κ2) is 4.86. The van der Waals surface area contributed by atoms with Crippen LogP contribution in [0.2, 0.25) is 10.0 Å². The first-order valence-corrected chi connectivity index (χ1v) is 7.10. The summed E-state index contributed by atoms with van der Waals surface area (Å²) >= 11 is 13.6. The van der Waals surface area contributed by atoms with Crippen molar-refractivity contribution >= 4 is 45.6 Å². The third-order valence-corrected chi connectivity index (χ3v) is 4.35. The summed E-state index contributed by atoms with van der Waals surface area (Å²) < 4.78 is 1.85. The average molecular weight is 308 g/mol. The third kappa shape index (κ3) is 2.10. The first-order chi connectivity index (χ1) is 9.20. The van der Waals surface area contributed by atoms with E-state index in [4.69, 9.17) is 28.5 Å². The standard InChI is InChI=1S/C13H7Cl2N3S/c14-8-6-10-11(7-9(8)15)18(4-3-16)13(17-10)12-2-1-5-19-12/h1-2,5-7H,4H2. The zero-order valence-corrected chi connectivity index (χ0v) is 11.9. The number of nitriles is 1. The molecule has 0 aliphatic heterocycles. The molecule has 0 saturated carbocycles. The Morgan fingerprint density at radius 2 is 2.11 bits per heavy atom. The Morgan fingerprint density at radius 1 is 1.32 bits per heavy atom. The molecule has 0 bridgehead atoms. The van der Waals surface area contributed by atoms with Gasteiger partial charge < -0.3 is 4.57 Å². The van der Waals surface area contributed by atoms with E-state index in [0.29, 0.717) is 10.0 Å². The maximum absolute atomic E-state index is 8.99. The van der Waals surface area contributed by atoms with E-state index in [0.717, 1.165) is 21.7 Å². The van der Waals surface area contributed by atoms with Crippen LogP contribution in [0, 0.1) is 11.3 Å². The van der Waals surface area contributed by atoms with Gasteiger partial charge in [0.15, 0.2) is 5.82 Å². The van der Waals surface area contributed by atoms with Gasteiger partial charge in [0.2, 0.25) is 0 Å². The van der Waals surface area contributed by atoms with Crippen LogP contribution in [0.3, 0.4) is 0 Å². The summed E-state index contributed by atoms with van der Waals surface area (Å²) in [5, 5.41) is 11.9. The van der Waals surface area contributed by atoms with Crippen LogP contribution >= 0.6 is 34.5 Å². The zero-order chi connectivity index (χ0) is 13.4. The van der Waals surface area contributed by atoms with Crippen molar-refractivity contribution in [3.05, 3.63) is 39.7 Å². The van der Waals surface area contributed by atoms with E-state index in [1.54, 1.807) is 23.5 Å². The quantitative estimate of drug-likeness (QED) is 0.694. The number of fused-ring (bicyclic) bond motifs is 1. The van der Waals surface area contributed by atoms with Gasteiger partial charge in [-0.3, -0.25) is 0 Å². The molecule has 6 heteroatoms. The molecule has 0 radical (unpaired) electrons. The highest BCUT2D eigenvalue weighted by Gasteiger charge is 2.14. The van der Waals surface area contributed by atoms with Crippen molar-refractivity contribution < 1.29 is 0 Å². The van der Waals surface area contributed by atoms with Crippen molar-refractivity contribution in [2.45, 2.75) is 6.54 Å². The molecule has 3 aromatic rings. The SMILES string of the molecule is N#CCn1c(-c2cccs2)nc2cc(Cl)c(Cl)cc21. The van der Waals surface area contributed by atoms with E-state index < -0.39 is 0 Å². The first kappa shape index (κ1) is 12.5. The van der Waals surface area contributed by atoms with Gasteiger partial charge >= 0.3 is 0 Å². The molecule has 0 fully saturated rings. The lowest BCUT2D eigenvalue weighted by Gasteiger charge is -2.03. The van der Waals surface area contributed by atoms with Crippen molar-refractivity contribution in [1.29, 1.82) is 5.26 Å². The summed E-state index contributed by atoms with van der Waals surface area (Å²) in [6, 6.07) is 9.56. The Bertz CT molecular complexity index is 784. The Labute approximate surface area is 123 Å². The van der Waals surface area contributed by atoms with Gasteiger partial charge in [0, 0.05) is 0 Å². The van der Waals surface area contributed by atoms with Gasteiger partial charge in [-0.1, -0.05) is 29.3 Å². The minimum atomic E-state index is 0.224. The minimum Gasteiger partial charge on any atom is -0.309 e. The number of rotatable bonds is 2. The van der Waals surface area contributed by atoms with E-state index in [2.05, 4.69) is 11.1 Å². The van der Waals surface area contributed by atoms with Crippen LogP contribution in [0.5, 0.6) is 0 Å². The molecule has 19 heavy (non-hydrogen) atoms. The number of hydrogen-bond donors (Lipinski definition) is 0. The van der Waals surface area contributed by atoms with Gasteiger partial charge in [0.1, 0.15) is 6.54 Å². The van der Waals surface area contributed by atoms with Crippen molar-refractivity contribution in [1.82, 2.24) is 9.55 Å². The Hall–Kier alpha value is -1.54. The highest BCUT2D eigenvalue weighted by molar-refractivity contribution is 7.13. The van der Waals surface area contributed by atoms with Crippen LogP contribution in [-0.4, -0.2) is 9.55 Å². The van der Waals surface area contributed by atoms with Crippen LogP contribution < -0.4 is 0 Å². The van der Waals surface area contributed by atoms with Gasteiger partial charge in [0.25, 0.3) is 0 Å². The number of nitrogens with zero attached hydrogens (tertiary/aromatic N) is 3. The van der Waals surface area contributed by atoms with E-state index in [9.17, 15) is 0 Å². The lowest BCUT2D eigenvalue weighted by molar-refractivity contribution is 0.873. The fourth-order valence-corrected chi connectivity index (χ4v) is 2.98. The highest BCUT2D eigenvalue weighted by atomic mass is 35.5. The number of hydrogen-bond acceptors (Lipinski definition) is 3. The van der Waals surface area contributed by atoms with E-state index in [-0.39, 0.29) is 6.54 Å². The molecular formula is C13H7Cl2N3S. The minimum absolute atomic E-state index is 0.224. The van der Waals surface area contributed by atoms with Crippen LogP contribution in [0.25, 0.3) is 21.7 Å². The number of halogens is 2. The van der Waals surface area contributed by atoms with Crippen LogP contribution in [0.15, 0.2) is 29.6 Å². The monoisotopic (exact) mass is 307 g/mol. The Kier molecular flexibility index (Phi) is 3.19. The van der Waals surface area contributed by atoms with Crippen molar-refractivity contribution in [3.8, 4) is 16.8 Å². The Balaban J connectivity index is 2.33. The van der Waals surface area contributed by atoms with E-state index in [1.165, 1.54) is 0 Å². The molecule has 0 saturated heterocycles. The molecule has 0 unspecified atom stereocenters. The molecule has 0 amide bonds. The van der Waals surface area contributed by atoms with Gasteiger partial charge in [-0.05, 0) is 23.6 Å². The molecule has 0 aliphatic rings. The van der Waals surface area contributed by atoms with E-state index >= 15 is 0 Å². The largest absolute Gasteiger partial charge is 0.309 e. The summed E-state index contributed by atoms with van der Waals surface area (Å²) in [5.41, 5.74) is 1.56. The van der Waals surface area contributed by atoms with Crippen LogP contribution in [0.4, 0.5) is 0 Å². The molecule has 2 aromatic heterocycles. The van der Waals surface area contributed by atoms with Crippen molar-refractivity contribution in [2.75, 3.05) is 0 Å². The highest BCUT2D eigenvalue weighted by Crippen LogP contribution is 2.32. The lowest BCUT2D eigenvalue weighted by atomic mass is 10.3. The summed E-state index contributed by atoms with van der Waals surface area (Å²) in [7, 11) is 0. The van der Waals surface area contributed by atoms with Gasteiger partial charge in [0.05, 0.1) is 32.0 Å². The number of thiophene rings is 1. The third-order valence-electron chi connectivity index (χ3n) is 2.76. The maximum atomic E-state index is 8.99. The molecule has 3 nitrogen and oxygen atoms in total. The van der Waals surface area contributed by atoms with E-state index in [1.807, 2.05) is 22.1 Å². The number of benzene rings is 1. The molecular weight excluding hydrogens is 301 g/mol. The van der Waals surface area contributed by atoms with Crippen LogP contribution in [-0.2, 0) is 6.54 Å². The van der Waals surface area contributed by atoms with Gasteiger partial charge in [-0.2, -0.15) is 5.26 Å². The first-order valence-electron chi connectivity index (χ1n) is 5.47. The second-order valence-electron chi connectivity index (χ2n) is 3.91. The molecule has 94 valence electrons. The Morgan fingerprint density at radius 3 is 2.79 bits per heavy atom. The van der Waals surface area contributed by atoms with Crippen molar-refractivity contribution in [2.24, 2.45) is 0 Å². The maximum Gasteiger partial charge on any atom is 0.152 e. The molecule has 3 rings (SSSR count). The molecule has 0 atom stereocenters. The number of imidazole rings is 1. The van der Waals surface area contributed by atoms with Gasteiger partial charge in [-0.15, -0.1) is 11.3 Å². The fourth-order valence-electron chi connectivity index (χ4n) is 1.94. The van der Waals surface area contributed by atoms with Gasteiger partial charge in [-0.25, -0.2) is 4.98 Å². The molecule has 2 heterocycles. The predicted molar refractivity (Wildman–Crippen MR) is 78.7 cm³/mol. The average Bonchev–Trinajstić information content (AvgIpc) is 3.00.